The Kier molecular flexibility index (Phi) is 4.62. The molecule has 0 radical (unpaired) electrons. The van der Waals surface area contributed by atoms with Crippen molar-refractivity contribution in [3.63, 3.8) is 0 Å². The van der Waals surface area contributed by atoms with Crippen LogP contribution in [0.5, 0.6) is 0 Å². The maximum atomic E-state index is 12.7. The van der Waals surface area contributed by atoms with Crippen LogP contribution in [-0.2, 0) is 22.6 Å². The van der Waals surface area contributed by atoms with Crippen LogP contribution in [-0.4, -0.2) is 33.0 Å². The Morgan fingerprint density at radius 2 is 1.96 bits per heavy atom. The maximum Gasteiger partial charge on any atom is 0.249 e. The minimum atomic E-state index is -0.524. The van der Waals surface area contributed by atoms with Crippen molar-refractivity contribution in [1.82, 2.24) is 15.1 Å². The van der Waals surface area contributed by atoms with Crippen molar-refractivity contribution in [3.05, 3.63) is 40.4 Å². The summed E-state index contributed by atoms with van der Waals surface area (Å²) in [7, 11) is 0. The number of carbonyl (C=O) groups excluding carboxylic acids is 2. The van der Waals surface area contributed by atoms with E-state index >= 15 is 0 Å². The van der Waals surface area contributed by atoms with Gasteiger partial charge < -0.3 is 4.90 Å². The molecule has 0 aliphatic carbocycles. The van der Waals surface area contributed by atoms with Crippen molar-refractivity contribution in [2.75, 3.05) is 5.32 Å². The molecule has 3 rings (SSSR count). The molecule has 1 aliphatic heterocycles. The molecule has 24 heavy (non-hydrogen) atoms. The summed E-state index contributed by atoms with van der Waals surface area (Å²) in [5.74, 6) is -0.0561. The van der Waals surface area contributed by atoms with E-state index in [9.17, 15) is 9.59 Å². The molecule has 2 amide bonds. The van der Waals surface area contributed by atoms with Gasteiger partial charge in [-0.15, -0.1) is 10.2 Å². The Morgan fingerprint density at radius 1 is 1.25 bits per heavy atom. The molecule has 1 unspecified atom stereocenters. The molecule has 126 valence electrons. The standard InChI is InChI=1S/C17H20N4O2S/c1-10(2)16-19-20-17(24-16)18-15(23)14-8-12-6-4-5-7-13(12)9-21(14)11(3)22/h4-7,10,14H,8-9H2,1-3H3,(H,18,20,23). The van der Waals surface area contributed by atoms with Gasteiger partial charge in [0.15, 0.2) is 0 Å². The first-order valence-corrected chi connectivity index (χ1v) is 8.75. The Balaban J connectivity index is 1.80. The molecular weight excluding hydrogens is 324 g/mol. The summed E-state index contributed by atoms with van der Waals surface area (Å²) in [5.41, 5.74) is 2.20. The molecule has 1 atom stereocenters. The second kappa shape index (κ2) is 6.68. The fourth-order valence-electron chi connectivity index (χ4n) is 2.80. The molecular formula is C17H20N4O2S. The smallest absolute Gasteiger partial charge is 0.249 e. The SMILES string of the molecule is CC(=O)N1Cc2ccccc2CC1C(=O)Nc1nnc(C(C)C)s1. The number of hydrogen-bond donors (Lipinski definition) is 1. The number of anilines is 1. The van der Waals surface area contributed by atoms with Gasteiger partial charge in [0.05, 0.1) is 0 Å². The third kappa shape index (κ3) is 3.31. The van der Waals surface area contributed by atoms with Crippen molar-refractivity contribution >= 4 is 28.3 Å². The summed E-state index contributed by atoms with van der Waals surface area (Å²) < 4.78 is 0. The van der Waals surface area contributed by atoms with Crippen LogP contribution in [0, 0.1) is 0 Å². The lowest BCUT2D eigenvalue weighted by molar-refractivity contribution is -0.138. The number of nitrogens with zero attached hydrogens (tertiary/aromatic N) is 3. The van der Waals surface area contributed by atoms with Crippen LogP contribution in [0.2, 0.25) is 0 Å². The van der Waals surface area contributed by atoms with Crippen molar-refractivity contribution in [1.29, 1.82) is 0 Å². The predicted molar refractivity (Wildman–Crippen MR) is 92.8 cm³/mol. The van der Waals surface area contributed by atoms with E-state index in [0.717, 1.165) is 16.1 Å². The molecule has 2 aromatic rings. The largest absolute Gasteiger partial charge is 0.326 e. The number of aromatic nitrogens is 2. The van der Waals surface area contributed by atoms with Crippen LogP contribution >= 0.6 is 11.3 Å². The number of hydrogen-bond acceptors (Lipinski definition) is 5. The molecule has 6 nitrogen and oxygen atoms in total. The van der Waals surface area contributed by atoms with Gasteiger partial charge in [0, 0.05) is 25.8 Å². The van der Waals surface area contributed by atoms with E-state index in [4.69, 9.17) is 0 Å². The molecule has 1 aliphatic rings. The zero-order valence-electron chi connectivity index (χ0n) is 13.9. The highest BCUT2D eigenvalue weighted by molar-refractivity contribution is 7.15. The van der Waals surface area contributed by atoms with Crippen LogP contribution in [0.4, 0.5) is 5.13 Å². The molecule has 0 bridgehead atoms. The van der Waals surface area contributed by atoms with E-state index in [-0.39, 0.29) is 17.7 Å². The molecule has 1 N–H and O–H groups in total. The Hall–Kier alpha value is -2.28. The first-order valence-electron chi connectivity index (χ1n) is 7.94. The predicted octanol–water partition coefficient (Wildman–Crippen LogP) is 2.57. The van der Waals surface area contributed by atoms with Gasteiger partial charge in [-0.2, -0.15) is 0 Å². The van der Waals surface area contributed by atoms with Gasteiger partial charge in [0.1, 0.15) is 11.0 Å². The molecule has 0 fully saturated rings. The van der Waals surface area contributed by atoms with E-state index in [1.165, 1.54) is 18.3 Å². The quantitative estimate of drug-likeness (QED) is 0.928. The fourth-order valence-corrected chi connectivity index (χ4v) is 3.54. The monoisotopic (exact) mass is 344 g/mol. The molecule has 0 saturated carbocycles. The average molecular weight is 344 g/mol. The topological polar surface area (TPSA) is 75.2 Å². The average Bonchev–Trinajstić information content (AvgIpc) is 3.02. The Bertz CT molecular complexity index is 771. The van der Waals surface area contributed by atoms with E-state index in [2.05, 4.69) is 15.5 Å². The molecule has 7 heteroatoms. The van der Waals surface area contributed by atoms with Gasteiger partial charge in [0.2, 0.25) is 16.9 Å². The third-order valence-corrected chi connectivity index (χ3v) is 5.26. The summed E-state index contributed by atoms with van der Waals surface area (Å²) >= 11 is 1.37. The Morgan fingerprint density at radius 3 is 2.58 bits per heavy atom. The van der Waals surface area contributed by atoms with Crippen LogP contribution in [0.3, 0.4) is 0 Å². The highest BCUT2D eigenvalue weighted by Crippen LogP contribution is 2.26. The molecule has 1 aromatic heterocycles. The minimum absolute atomic E-state index is 0.107. The van der Waals surface area contributed by atoms with E-state index in [1.54, 1.807) is 4.90 Å². The summed E-state index contributed by atoms with van der Waals surface area (Å²) in [6.07, 6.45) is 0.511. The van der Waals surface area contributed by atoms with Gasteiger partial charge in [-0.1, -0.05) is 49.4 Å². The van der Waals surface area contributed by atoms with Gasteiger partial charge in [-0.05, 0) is 11.1 Å². The molecule has 1 aromatic carbocycles. The number of carbonyl (C=O) groups is 2. The fraction of sp³-hybridized carbons (Fsp3) is 0.412. The minimum Gasteiger partial charge on any atom is -0.326 e. The van der Waals surface area contributed by atoms with Crippen molar-refractivity contribution < 1.29 is 9.59 Å². The van der Waals surface area contributed by atoms with Gasteiger partial charge in [-0.25, -0.2) is 0 Å². The van der Waals surface area contributed by atoms with Crippen LogP contribution in [0.15, 0.2) is 24.3 Å². The summed E-state index contributed by atoms with van der Waals surface area (Å²) in [6, 6.07) is 7.39. The number of benzene rings is 1. The summed E-state index contributed by atoms with van der Waals surface area (Å²) in [4.78, 5) is 26.3. The maximum absolute atomic E-state index is 12.7. The lowest BCUT2D eigenvalue weighted by Crippen LogP contribution is -2.49. The van der Waals surface area contributed by atoms with Gasteiger partial charge >= 0.3 is 0 Å². The number of nitrogens with one attached hydrogen (secondary N) is 1. The van der Waals surface area contributed by atoms with Crippen LogP contribution in [0.1, 0.15) is 42.8 Å². The van der Waals surface area contributed by atoms with Crippen molar-refractivity contribution in [2.45, 2.75) is 45.7 Å². The van der Waals surface area contributed by atoms with E-state index in [0.29, 0.717) is 18.1 Å². The van der Waals surface area contributed by atoms with E-state index < -0.39 is 6.04 Å². The Labute approximate surface area is 144 Å². The summed E-state index contributed by atoms with van der Waals surface area (Å²) in [6.45, 7) is 6.01. The second-order valence-corrected chi connectivity index (χ2v) is 7.23. The zero-order chi connectivity index (χ0) is 17.3. The molecule has 0 saturated heterocycles. The third-order valence-electron chi connectivity index (χ3n) is 4.12. The van der Waals surface area contributed by atoms with Gasteiger partial charge in [-0.3, -0.25) is 14.9 Å². The highest BCUT2D eigenvalue weighted by atomic mass is 32.1. The number of amides is 2. The van der Waals surface area contributed by atoms with E-state index in [1.807, 2.05) is 38.1 Å². The number of rotatable bonds is 3. The summed E-state index contributed by atoms with van der Waals surface area (Å²) in [5, 5.41) is 12.3. The van der Waals surface area contributed by atoms with Crippen molar-refractivity contribution in [3.8, 4) is 0 Å². The normalized spacial score (nSPS) is 16.8. The zero-order valence-corrected chi connectivity index (χ0v) is 14.8. The van der Waals surface area contributed by atoms with Crippen LogP contribution < -0.4 is 5.32 Å². The van der Waals surface area contributed by atoms with Crippen molar-refractivity contribution in [2.24, 2.45) is 0 Å². The lowest BCUT2D eigenvalue weighted by atomic mass is 9.93. The van der Waals surface area contributed by atoms with Crippen LogP contribution in [0.25, 0.3) is 0 Å². The van der Waals surface area contributed by atoms with Gasteiger partial charge in [0.25, 0.3) is 0 Å². The lowest BCUT2D eigenvalue weighted by Gasteiger charge is -2.35. The molecule has 2 heterocycles. The second-order valence-electron chi connectivity index (χ2n) is 6.22. The molecule has 0 spiro atoms. The first kappa shape index (κ1) is 16.6. The number of fused-ring (bicyclic) bond motifs is 1. The first-order chi connectivity index (χ1) is 11.5. The highest BCUT2D eigenvalue weighted by Gasteiger charge is 2.33.